The number of nitrogens with zero attached hydrogens (tertiary/aromatic N) is 1. The number of rotatable bonds is 8. The SMILES string of the molecule is CCN(CC)S(=O)(=O)c1cc(C(=O)O[C@H](c2ccccc2)c2ccc(Cl)cc2)ccc1Cl. The van der Waals surface area contributed by atoms with E-state index >= 15 is 0 Å². The topological polar surface area (TPSA) is 63.7 Å². The van der Waals surface area contributed by atoms with Crippen LogP contribution in [0.2, 0.25) is 10.0 Å². The van der Waals surface area contributed by atoms with Gasteiger partial charge in [0.1, 0.15) is 4.90 Å². The van der Waals surface area contributed by atoms with Gasteiger partial charge in [-0.15, -0.1) is 0 Å². The Balaban J connectivity index is 1.98. The Morgan fingerprint density at radius 1 is 0.906 bits per heavy atom. The average molecular weight is 492 g/mol. The molecule has 0 fully saturated rings. The molecule has 0 bridgehead atoms. The van der Waals surface area contributed by atoms with Crippen molar-refractivity contribution >= 4 is 39.2 Å². The molecular formula is C24H23Cl2NO4S. The van der Waals surface area contributed by atoms with Crippen LogP contribution in [0.3, 0.4) is 0 Å². The molecule has 168 valence electrons. The predicted molar refractivity (Wildman–Crippen MR) is 127 cm³/mol. The summed E-state index contributed by atoms with van der Waals surface area (Å²) >= 11 is 12.2. The highest BCUT2D eigenvalue weighted by atomic mass is 35.5. The minimum absolute atomic E-state index is 0.0470. The standard InChI is InChI=1S/C24H23Cl2NO4S/c1-3-27(4-2)32(29,30)22-16-19(12-15-21(22)26)24(28)31-23(17-8-6-5-7-9-17)18-10-13-20(25)14-11-18/h5-16,23H,3-4H2,1-2H3/t23-/m1/s1. The van der Waals surface area contributed by atoms with E-state index in [-0.39, 0.29) is 28.6 Å². The van der Waals surface area contributed by atoms with Crippen molar-refractivity contribution in [2.75, 3.05) is 13.1 Å². The normalized spacial score (nSPS) is 12.5. The summed E-state index contributed by atoms with van der Waals surface area (Å²) in [5.74, 6) is -0.665. The van der Waals surface area contributed by atoms with Crippen molar-refractivity contribution in [3.8, 4) is 0 Å². The van der Waals surface area contributed by atoms with Crippen LogP contribution in [0.1, 0.15) is 41.4 Å². The lowest BCUT2D eigenvalue weighted by molar-refractivity contribution is 0.0378. The monoisotopic (exact) mass is 491 g/mol. The predicted octanol–water partition coefficient (Wildman–Crippen LogP) is 5.97. The second-order valence-electron chi connectivity index (χ2n) is 6.98. The van der Waals surface area contributed by atoms with Gasteiger partial charge in [0.05, 0.1) is 10.6 Å². The van der Waals surface area contributed by atoms with Gasteiger partial charge >= 0.3 is 5.97 Å². The van der Waals surface area contributed by atoms with Crippen LogP contribution in [-0.2, 0) is 14.8 Å². The third-order valence-corrected chi connectivity index (χ3v) is 7.77. The molecule has 0 N–H and O–H groups in total. The summed E-state index contributed by atoms with van der Waals surface area (Å²) in [6, 6.07) is 20.4. The zero-order valence-electron chi connectivity index (χ0n) is 17.7. The molecule has 0 amide bonds. The van der Waals surface area contributed by atoms with Crippen LogP contribution in [-0.4, -0.2) is 31.8 Å². The second-order valence-corrected chi connectivity index (χ2v) is 9.73. The van der Waals surface area contributed by atoms with Crippen molar-refractivity contribution in [2.24, 2.45) is 0 Å². The molecule has 1 atom stereocenters. The number of hydrogen-bond donors (Lipinski definition) is 0. The summed E-state index contributed by atoms with van der Waals surface area (Å²) in [6.07, 6.45) is -0.695. The lowest BCUT2D eigenvalue weighted by Crippen LogP contribution is -2.31. The molecule has 0 saturated heterocycles. The van der Waals surface area contributed by atoms with E-state index in [4.69, 9.17) is 27.9 Å². The third kappa shape index (κ3) is 5.33. The van der Waals surface area contributed by atoms with Gasteiger partial charge in [0.25, 0.3) is 0 Å². The van der Waals surface area contributed by atoms with Gasteiger partial charge in [-0.25, -0.2) is 13.2 Å². The van der Waals surface area contributed by atoms with Crippen LogP contribution in [0.5, 0.6) is 0 Å². The second kappa shape index (κ2) is 10.5. The van der Waals surface area contributed by atoms with Crippen molar-refractivity contribution in [2.45, 2.75) is 24.8 Å². The number of esters is 1. The number of ether oxygens (including phenoxy) is 1. The van der Waals surface area contributed by atoms with Gasteiger partial charge in [-0.2, -0.15) is 4.31 Å². The molecule has 3 rings (SSSR count). The van der Waals surface area contributed by atoms with Crippen molar-refractivity contribution in [1.29, 1.82) is 0 Å². The van der Waals surface area contributed by atoms with E-state index in [1.165, 1.54) is 22.5 Å². The Labute approximate surface area is 198 Å². The molecule has 5 nitrogen and oxygen atoms in total. The highest BCUT2D eigenvalue weighted by Gasteiger charge is 2.27. The Morgan fingerprint density at radius 3 is 2.09 bits per heavy atom. The maximum atomic E-state index is 13.1. The summed E-state index contributed by atoms with van der Waals surface area (Å²) < 4.78 is 33.0. The molecule has 0 radical (unpaired) electrons. The summed E-state index contributed by atoms with van der Waals surface area (Å²) in [4.78, 5) is 12.9. The lowest BCUT2D eigenvalue weighted by atomic mass is 10.0. The minimum atomic E-state index is -3.85. The smallest absolute Gasteiger partial charge is 0.339 e. The summed E-state index contributed by atoms with van der Waals surface area (Å²) in [5.41, 5.74) is 1.60. The van der Waals surface area contributed by atoms with E-state index < -0.39 is 22.1 Å². The molecule has 0 aliphatic carbocycles. The number of benzene rings is 3. The Kier molecular flexibility index (Phi) is 7.96. The van der Waals surface area contributed by atoms with E-state index in [1.807, 2.05) is 30.3 Å². The first-order valence-corrected chi connectivity index (χ1v) is 12.3. The molecule has 0 aliphatic heterocycles. The van der Waals surface area contributed by atoms with E-state index in [0.29, 0.717) is 5.02 Å². The summed E-state index contributed by atoms with van der Waals surface area (Å²) in [6.45, 7) is 4.06. The van der Waals surface area contributed by atoms with Gasteiger partial charge in [0.2, 0.25) is 10.0 Å². The number of halogens is 2. The largest absolute Gasteiger partial charge is 0.449 e. The number of sulfonamides is 1. The minimum Gasteiger partial charge on any atom is -0.449 e. The van der Waals surface area contributed by atoms with Gasteiger partial charge in [-0.3, -0.25) is 0 Å². The molecule has 0 saturated carbocycles. The molecule has 0 heterocycles. The van der Waals surface area contributed by atoms with Gasteiger partial charge in [-0.05, 0) is 41.5 Å². The molecular weight excluding hydrogens is 469 g/mol. The van der Waals surface area contributed by atoms with E-state index in [0.717, 1.165) is 11.1 Å². The fourth-order valence-corrected chi connectivity index (χ4v) is 5.38. The zero-order chi connectivity index (χ0) is 23.3. The van der Waals surface area contributed by atoms with Crippen molar-refractivity contribution in [3.05, 3.63) is 99.5 Å². The molecule has 0 aromatic heterocycles. The van der Waals surface area contributed by atoms with Crippen LogP contribution < -0.4 is 0 Å². The Bertz CT molecular complexity index is 1180. The van der Waals surface area contributed by atoms with Gasteiger partial charge in [-0.1, -0.05) is 79.5 Å². The highest BCUT2D eigenvalue weighted by molar-refractivity contribution is 7.89. The molecule has 0 spiro atoms. The fourth-order valence-electron chi connectivity index (χ4n) is 3.30. The molecule has 0 unspecified atom stereocenters. The third-order valence-electron chi connectivity index (χ3n) is 4.99. The Morgan fingerprint density at radius 2 is 1.50 bits per heavy atom. The molecule has 32 heavy (non-hydrogen) atoms. The first-order chi connectivity index (χ1) is 15.3. The zero-order valence-corrected chi connectivity index (χ0v) is 20.0. The van der Waals surface area contributed by atoms with Gasteiger partial charge in [0, 0.05) is 18.1 Å². The number of carbonyl (C=O) groups is 1. The number of carbonyl (C=O) groups excluding carboxylic acids is 1. The van der Waals surface area contributed by atoms with Crippen LogP contribution in [0.25, 0.3) is 0 Å². The van der Waals surface area contributed by atoms with Crippen molar-refractivity contribution in [1.82, 2.24) is 4.31 Å². The Hall–Kier alpha value is -2.38. The first kappa shape index (κ1) is 24.3. The van der Waals surface area contributed by atoms with E-state index in [1.54, 1.807) is 38.1 Å². The van der Waals surface area contributed by atoms with Crippen LogP contribution >= 0.6 is 23.2 Å². The molecule has 3 aromatic carbocycles. The van der Waals surface area contributed by atoms with Gasteiger partial charge in [0.15, 0.2) is 6.10 Å². The molecule has 8 heteroatoms. The average Bonchev–Trinajstić information content (AvgIpc) is 2.79. The quantitative estimate of drug-likeness (QED) is 0.364. The van der Waals surface area contributed by atoms with Crippen LogP contribution in [0.4, 0.5) is 0 Å². The number of hydrogen-bond acceptors (Lipinski definition) is 4. The fraction of sp³-hybridized carbons (Fsp3) is 0.208. The lowest BCUT2D eigenvalue weighted by Gasteiger charge is -2.21. The molecule has 3 aromatic rings. The first-order valence-electron chi connectivity index (χ1n) is 10.1. The van der Waals surface area contributed by atoms with Crippen molar-refractivity contribution in [3.63, 3.8) is 0 Å². The maximum Gasteiger partial charge on any atom is 0.339 e. The van der Waals surface area contributed by atoms with Gasteiger partial charge < -0.3 is 4.74 Å². The van der Waals surface area contributed by atoms with Crippen molar-refractivity contribution < 1.29 is 17.9 Å². The van der Waals surface area contributed by atoms with Crippen LogP contribution in [0.15, 0.2) is 77.7 Å². The van der Waals surface area contributed by atoms with E-state index in [2.05, 4.69) is 0 Å². The summed E-state index contributed by atoms with van der Waals surface area (Å²) in [7, 11) is -3.85. The highest BCUT2D eigenvalue weighted by Crippen LogP contribution is 2.30. The van der Waals surface area contributed by atoms with E-state index in [9.17, 15) is 13.2 Å². The molecule has 0 aliphatic rings. The maximum absolute atomic E-state index is 13.1. The summed E-state index contributed by atoms with van der Waals surface area (Å²) in [5, 5.41) is 0.613. The van der Waals surface area contributed by atoms with Crippen LogP contribution in [0, 0.1) is 0 Å².